The lowest BCUT2D eigenvalue weighted by molar-refractivity contribution is -0.385. The maximum absolute atomic E-state index is 14.9. The van der Waals surface area contributed by atoms with E-state index in [9.17, 15) is 40.3 Å². The van der Waals surface area contributed by atoms with Crippen LogP contribution < -0.4 is 9.47 Å². The minimum Gasteiger partial charge on any atom is -0.459 e. The summed E-state index contributed by atoms with van der Waals surface area (Å²) in [5.74, 6) is -2.05. The molecule has 3 aromatic carbocycles. The second-order valence-electron chi connectivity index (χ2n) is 17.9. The monoisotopic (exact) mass is 926 g/mol. The number of oxime groups is 1. The number of aliphatic hydroxyl groups is 3. The molecule has 0 radical (unpaired) electrons. The molecule has 0 bridgehead atoms. The molecular formula is C50H62N4O13. The van der Waals surface area contributed by atoms with Crippen LogP contribution in [-0.4, -0.2) is 105 Å². The minimum absolute atomic E-state index is 0.0101. The number of nitro benzene ring substituents is 2. The summed E-state index contributed by atoms with van der Waals surface area (Å²) in [6, 6.07) is 16.3. The van der Waals surface area contributed by atoms with Gasteiger partial charge >= 0.3 is 0 Å². The van der Waals surface area contributed by atoms with Gasteiger partial charge in [-0.15, -0.1) is 6.58 Å². The molecule has 17 heteroatoms. The van der Waals surface area contributed by atoms with Crippen molar-refractivity contribution in [2.24, 2.45) is 22.9 Å². The zero-order valence-corrected chi connectivity index (χ0v) is 38.4. The summed E-state index contributed by atoms with van der Waals surface area (Å²) >= 11 is 0. The average Bonchev–Trinajstić information content (AvgIpc) is 3.30. The second-order valence-corrected chi connectivity index (χ2v) is 17.9. The van der Waals surface area contributed by atoms with Gasteiger partial charge in [0.15, 0.2) is 0 Å². The van der Waals surface area contributed by atoms with Gasteiger partial charge in [-0.05, 0) is 112 Å². The summed E-state index contributed by atoms with van der Waals surface area (Å²) in [4.78, 5) is 44.8. The standard InChI is InChI=1S/C50H62N4O13/c1-5-27-64-50-45(52(23-28-63-29-26-57)46(58)22-17-34-15-18-36(19-16-34)53(59)60)33-43(51-67-49(2,3)4)41-30-35(11-6-8-24-55)40(14-7-9-25-56)47(48(41)50)42-32-39(20-21-44(42)66-50)65-38-13-10-12-37(31-38)54(61)62/h5,10,12-13,15-22,30-32,35,40,45,47-48,55-57H,1,6-9,11,14,23-29,33H2,2-4H3. The van der Waals surface area contributed by atoms with Gasteiger partial charge < -0.3 is 44.0 Å². The number of unbranched alkanes of at least 4 members (excludes halogenated alkanes) is 2. The molecule has 1 aliphatic heterocycles. The number of ether oxygens (including phenoxy) is 4. The van der Waals surface area contributed by atoms with E-state index in [0.29, 0.717) is 48.5 Å². The number of amides is 1. The number of allylic oxidation sites excluding steroid dienone is 1. The van der Waals surface area contributed by atoms with Crippen LogP contribution in [0.1, 0.15) is 82.8 Å². The lowest BCUT2D eigenvalue weighted by Crippen LogP contribution is -2.70. The number of benzene rings is 3. The normalized spacial score (nSPS) is 22.6. The van der Waals surface area contributed by atoms with Crippen molar-refractivity contribution in [2.75, 3.05) is 46.2 Å². The summed E-state index contributed by atoms with van der Waals surface area (Å²) < 4.78 is 26.4. The molecule has 0 aromatic heterocycles. The minimum atomic E-state index is -1.60. The fourth-order valence-electron chi connectivity index (χ4n) is 9.42. The highest BCUT2D eigenvalue weighted by molar-refractivity contribution is 6.03. The van der Waals surface area contributed by atoms with Gasteiger partial charge in [-0.1, -0.05) is 36.2 Å². The van der Waals surface area contributed by atoms with E-state index in [1.54, 1.807) is 53.5 Å². The van der Waals surface area contributed by atoms with Gasteiger partial charge in [0, 0.05) is 61.9 Å². The molecule has 360 valence electrons. The Morgan fingerprint density at radius 2 is 1.64 bits per heavy atom. The molecule has 6 atom stereocenters. The molecule has 6 unspecified atom stereocenters. The molecule has 0 spiro atoms. The summed E-state index contributed by atoms with van der Waals surface area (Å²) in [6.45, 7) is 9.62. The molecule has 2 aliphatic carbocycles. The molecule has 1 amide bonds. The molecule has 0 saturated heterocycles. The smallest absolute Gasteiger partial charge is 0.273 e. The van der Waals surface area contributed by atoms with E-state index >= 15 is 0 Å². The predicted octanol–water partition coefficient (Wildman–Crippen LogP) is 8.28. The predicted molar refractivity (Wildman–Crippen MR) is 251 cm³/mol. The SMILES string of the molecule is C=CCOC12Oc3ccc(Oc4cccc([N+](=O)[O-])c4)cc3C3C(CCCCO)C(CCCCO)C=C(C(=NOC(C)(C)C)CC1N(CCOCCO)C(=O)C=Cc1ccc([N+](=O)[O-])cc1)C32. The maximum atomic E-state index is 14.9. The summed E-state index contributed by atoms with van der Waals surface area (Å²) in [6.07, 6.45) is 11.0. The molecular weight excluding hydrogens is 865 g/mol. The third-order valence-electron chi connectivity index (χ3n) is 12.2. The lowest BCUT2D eigenvalue weighted by Gasteiger charge is -2.60. The Morgan fingerprint density at radius 1 is 0.925 bits per heavy atom. The zero-order chi connectivity index (χ0) is 48.1. The van der Waals surface area contributed by atoms with Crippen molar-refractivity contribution in [3.8, 4) is 17.2 Å². The fourth-order valence-corrected chi connectivity index (χ4v) is 9.42. The molecule has 1 saturated carbocycles. The van der Waals surface area contributed by atoms with Gasteiger partial charge in [0.2, 0.25) is 11.7 Å². The second kappa shape index (κ2) is 23.2. The quantitative estimate of drug-likeness (QED) is 0.0253. The van der Waals surface area contributed by atoms with Crippen molar-refractivity contribution in [2.45, 2.75) is 89.1 Å². The van der Waals surface area contributed by atoms with Gasteiger partial charge in [0.05, 0.1) is 54.0 Å². The molecule has 6 rings (SSSR count). The van der Waals surface area contributed by atoms with Crippen molar-refractivity contribution < 1.29 is 53.7 Å². The summed E-state index contributed by atoms with van der Waals surface area (Å²) in [5.41, 5.74) is 1.83. The highest BCUT2D eigenvalue weighted by Gasteiger charge is 2.65. The average molecular weight is 927 g/mol. The Kier molecular flexibility index (Phi) is 17.4. The first-order valence-electron chi connectivity index (χ1n) is 22.8. The molecule has 17 nitrogen and oxygen atoms in total. The zero-order valence-electron chi connectivity index (χ0n) is 38.4. The Hall–Kier alpha value is -5.98. The first-order valence-corrected chi connectivity index (χ1v) is 22.8. The van der Waals surface area contributed by atoms with Crippen LogP contribution in [0.2, 0.25) is 0 Å². The Bertz CT molecular complexity index is 2290. The van der Waals surface area contributed by atoms with Crippen LogP contribution >= 0.6 is 0 Å². The maximum Gasteiger partial charge on any atom is 0.273 e. The van der Waals surface area contributed by atoms with Crippen LogP contribution in [0.25, 0.3) is 6.08 Å². The van der Waals surface area contributed by atoms with Crippen LogP contribution in [0.3, 0.4) is 0 Å². The third-order valence-corrected chi connectivity index (χ3v) is 12.2. The molecule has 3 N–H and O–H groups in total. The largest absolute Gasteiger partial charge is 0.459 e. The van der Waals surface area contributed by atoms with Gasteiger partial charge in [0.25, 0.3) is 11.4 Å². The number of aliphatic hydroxyl groups excluding tert-OH is 3. The van der Waals surface area contributed by atoms with Gasteiger partial charge in [-0.3, -0.25) is 25.0 Å². The fraction of sp³-hybridized carbons (Fsp3) is 0.480. The molecule has 1 heterocycles. The molecule has 67 heavy (non-hydrogen) atoms. The van der Waals surface area contributed by atoms with Crippen molar-refractivity contribution in [3.05, 3.63) is 128 Å². The van der Waals surface area contributed by atoms with Crippen LogP contribution in [0.5, 0.6) is 17.2 Å². The van der Waals surface area contributed by atoms with Gasteiger partial charge in [0.1, 0.15) is 28.9 Å². The van der Waals surface area contributed by atoms with E-state index in [-0.39, 0.29) is 87.5 Å². The molecule has 1 fully saturated rings. The van der Waals surface area contributed by atoms with E-state index in [2.05, 4.69) is 12.7 Å². The van der Waals surface area contributed by atoms with Gasteiger partial charge in [-0.2, -0.15) is 0 Å². The Labute approximate surface area is 390 Å². The van der Waals surface area contributed by atoms with Crippen LogP contribution in [0, 0.1) is 38.0 Å². The first-order chi connectivity index (χ1) is 32.2. The number of hydrogen-bond acceptors (Lipinski definition) is 14. The first kappa shape index (κ1) is 50.4. The van der Waals surface area contributed by atoms with Gasteiger partial charge in [-0.25, -0.2) is 0 Å². The van der Waals surface area contributed by atoms with E-state index in [0.717, 1.165) is 24.0 Å². The van der Waals surface area contributed by atoms with Crippen molar-refractivity contribution in [3.63, 3.8) is 0 Å². The number of carbonyl (C=O) groups is 1. The van der Waals surface area contributed by atoms with E-state index in [4.69, 9.17) is 28.9 Å². The number of fused-ring (bicyclic) bond motifs is 2. The Morgan fingerprint density at radius 3 is 2.31 bits per heavy atom. The number of nitro groups is 2. The molecule has 3 aromatic rings. The van der Waals surface area contributed by atoms with E-state index in [1.165, 1.54) is 30.3 Å². The molecule has 3 aliphatic rings. The lowest BCUT2D eigenvalue weighted by atomic mass is 9.55. The van der Waals surface area contributed by atoms with Crippen molar-refractivity contribution in [1.29, 1.82) is 0 Å². The number of carbonyl (C=O) groups excluding carboxylic acids is 1. The Balaban J connectivity index is 1.59. The number of rotatable bonds is 24. The summed E-state index contributed by atoms with van der Waals surface area (Å²) in [7, 11) is 0. The number of nitrogens with zero attached hydrogens (tertiary/aromatic N) is 4. The van der Waals surface area contributed by atoms with Crippen LogP contribution in [0.15, 0.2) is 102 Å². The third kappa shape index (κ3) is 12.3. The summed E-state index contributed by atoms with van der Waals surface area (Å²) in [5, 5.41) is 57.5. The highest BCUT2D eigenvalue weighted by Crippen LogP contribution is 2.62. The van der Waals surface area contributed by atoms with E-state index < -0.39 is 39.1 Å². The number of non-ortho nitro benzene ring substituents is 2. The van der Waals surface area contributed by atoms with E-state index in [1.807, 2.05) is 26.8 Å². The van der Waals surface area contributed by atoms with Crippen LogP contribution in [0.4, 0.5) is 11.4 Å². The number of hydrogen-bond donors (Lipinski definition) is 3. The van der Waals surface area contributed by atoms with Crippen LogP contribution in [-0.2, 0) is 19.1 Å². The van der Waals surface area contributed by atoms with Crippen molar-refractivity contribution in [1.82, 2.24) is 4.90 Å². The highest BCUT2D eigenvalue weighted by atomic mass is 16.7. The topological polar surface area (TPSA) is 226 Å². The van der Waals surface area contributed by atoms with Crippen molar-refractivity contribution >= 4 is 29.1 Å².